The van der Waals surface area contributed by atoms with E-state index in [4.69, 9.17) is 9.84 Å². The van der Waals surface area contributed by atoms with Gasteiger partial charge in [-0.2, -0.15) is 0 Å². The van der Waals surface area contributed by atoms with Crippen LogP contribution in [0, 0.1) is 0 Å². The number of carbonyl (C=O) groups is 2. The van der Waals surface area contributed by atoms with Gasteiger partial charge in [0.1, 0.15) is 11.6 Å². The van der Waals surface area contributed by atoms with E-state index in [0.29, 0.717) is 5.69 Å². The average molecular weight is 344 g/mol. The van der Waals surface area contributed by atoms with E-state index in [0.717, 1.165) is 9.37 Å². The number of aliphatic carboxylic acids is 1. The van der Waals surface area contributed by atoms with Gasteiger partial charge in [0.25, 0.3) is 0 Å². The highest BCUT2D eigenvalue weighted by Gasteiger charge is 2.31. The predicted molar refractivity (Wildman–Crippen MR) is 80.0 cm³/mol. The minimum absolute atomic E-state index is 0.462. The third-order valence-corrected chi connectivity index (χ3v) is 2.91. The van der Waals surface area contributed by atoms with Crippen molar-refractivity contribution in [3.63, 3.8) is 0 Å². The Morgan fingerprint density at radius 3 is 2.40 bits per heavy atom. The molecule has 0 aromatic heterocycles. The molecule has 0 bridgehead atoms. The number of rotatable bonds is 3. The van der Waals surface area contributed by atoms with Gasteiger partial charge in [0.15, 0.2) is 0 Å². The molecule has 0 aliphatic rings. The van der Waals surface area contributed by atoms with Gasteiger partial charge in [-0.3, -0.25) is 4.90 Å². The van der Waals surface area contributed by atoms with Gasteiger partial charge in [-0.05, 0) is 45.9 Å². The summed E-state index contributed by atoms with van der Waals surface area (Å²) in [6.45, 7) is 6.63. The Balaban J connectivity index is 3.15. The lowest BCUT2D eigenvalue weighted by Gasteiger charge is -2.30. The summed E-state index contributed by atoms with van der Waals surface area (Å²) in [5, 5.41) is 9.17. The van der Waals surface area contributed by atoms with Crippen LogP contribution in [0.25, 0.3) is 0 Å². The second-order valence-corrected chi connectivity index (χ2v) is 6.26. The van der Waals surface area contributed by atoms with Crippen molar-refractivity contribution in [1.29, 1.82) is 0 Å². The SMILES string of the molecule is C[C@@H](C(=O)O)N(C(=O)OC(C)(C)C)c1cccc(Br)c1. The van der Waals surface area contributed by atoms with Crippen molar-refractivity contribution in [3.8, 4) is 0 Å². The fourth-order valence-electron chi connectivity index (χ4n) is 1.53. The number of benzene rings is 1. The Morgan fingerprint density at radius 2 is 1.95 bits per heavy atom. The molecule has 1 atom stereocenters. The zero-order valence-corrected chi connectivity index (χ0v) is 13.5. The van der Waals surface area contributed by atoms with Crippen molar-refractivity contribution < 1.29 is 19.4 Å². The number of carbonyl (C=O) groups excluding carboxylic acids is 1. The second-order valence-electron chi connectivity index (χ2n) is 5.34. The second kappa shape index (κ2) is 6.26. The summed E-state index contributed by atoms with van der Waals surface area (Å²) in [6, 6.07) is 5.82. The summed E-state index contributed by atoms with van der Waals surface area (Å²) in [4.78, 5) is 24.6. The summed E-state index contributed by atoms with van der Waals surface area (Å²) in [6.07, 6.45) is -0.689. The molecule has 5 nitrogen and oxygen atoms in total. The Morgan fingerprint density at radius 1 is 1.35 bits per heavy atom. The monoisotopic (exact) mass is 343 g/mol. The fraction of sp³-hybridized carbons (Fsp3) is 0.429. The van der Waals surface area contributed by atoms with Gasteiger partial charge in [0, 0.05) is 10.2 Å². The summed E-state index contributed by atoms with van der Waals surface area (Å²) >= 11 is 3.30. The zero-order chi connectivity index (χ0) is 15.5. The molecular formula is C14H18BrNO4. The Kier molecular flexibility index (Phi) is 5.16. The van der Waals surface area contributed by atoms with Crippen LogP contribution in [0.2, 0.25) is 0 Å². The van der Waals surface area contributed by atoms with E-state index in [9.17, 15) is 9.59 Å². The Hall–Kier alpha value is -1.56. The molecule has 1 rings (SSSR count). The van der Waals surface area contributed by atoms with Crippen LogP contribution >= 0.6 is 15.9 Å². The number of anilines is 1. The third-order valence-electron chi connectivity index (χ3n) is 2.42. The lowest BCUT2D eigenvalue weighted by molar-refractivity contribution is -0.138. The molecule has 1 aromatic carbocycles. The number of ether oxygens (including phenoxy) is 1. The first-order valence-electron chi connectivity index (χ1n) is 6.12. The van der Waals surface area contributed by atoms with Crippen LogP contribution in [0.1, 0.15) is 27.7 Å². The summed E-state index contributed by atoms with van der Waals surface area (Å²) in [5.74, 6) is -1.10. The summed E-state index contributed by atoms with van der Waals surface area (Å²) < 4.78 is 6.02. The standard InChI is InChI=1S/C14H18BrNO4/c1-9(12(17)18)16(13(19)20-14(2,3)4)11-7-5-6-10(15)8-11/h5-9H,1-4H3,(H,17,18)/t9-/m0/s1. The molecule has 0 radical (unpaired) electrons. The number of hydrogen-bond acceptors (Lipinski definition) is 3. The van der Waals surface area contributed by atoms with Crippen molar-refractivity contribution >= 4 is 33.7 Å². The number of nitrogens with zero attached hydrogens (tertiary/aromatic N) is 1. The molecule has 0 aliphatic heterocycles. The molecule has 0 saturated carbocycles. The van der Waals surface area contributed by atoms with Gasteiger partial charge in [-0.1, -0.05) is 22.0 Å². The smallest absolute Gasteiger partial charge is 0.415 e. The van der Waals surface area contributed by atoms with Crippen molar-refractivity contribution in [2.45, 2.75) is 39.3 Å². The molecule has 20 heavy (non-hydrogen) atoms. The summed E-state index contributed by atoms with van der Waals surface area (Å²) in [7, 11) is 0. The van der Waals surface area contributed by atoms with E-state index >= 15 is 0 Å². The van der Waals surface area contributed by atoms with Gasteiger partial charge in [-0.25, -0.2) is 9.59 Å². The third kappa shape index (κ3) is 4.52. The average Bonchev–Trinajstić information content (AvgIpc) is 2.26. The quantitative estimate of drug-likeness (QED) is 0.909. The highest BCUT2D eigenvalue weighted by molar-refractivity contribution is 9.10. The van der Waals surface area contributed by atoms with E-state index in [1.54, 1.807) is 45.0 Å². The molecule has 0 aliphatic carbocycles. The number of carboxylic acid groups (broad SMARTS) is 1. The van der Waals surface area contributed by atoms with Crippen LogP contribution < -0.4 is 4.90 Å². The lowest BCUT2D eigenvalue weighted by atomic mass is 10.2. The van der Waals surface area contributed by atoms with E-state index in [2.05, 4.69) is 15.9 Å². The molecule has 0 heterocycles. The molecule has 0 fully saturated rings. The lowest BCUT2D eigenvalue weighted by Crippen LogP contribution is -2.46. The first-order chi connectivity index (χ1) is 9.11. The first-order valence-corrected chi connectivity index (χ1v) is 6.91. The highest BCUT2D eigenvalue weighted by Crippen LogP contribution is 2.24. The molecule has 6 heteroatoms. The van der Waals surface area contributed by atoms with Gasteiger partial charge < -0.3 is 9.84 Å². The van der Waals surface area contributed by atoms with E-state index in [-0.39, 0.29) is 0 Å². The predicted octanol–water partition coefficient (Wildman–Crippen LogP) is 3.66. The summed E-state index contributed by atoms with van der Waals surface area (Å²) in [5.41, 5.74) is -0.233. The van der Waals surface area contributed by atoms with Crippen LogP contribution in [-0.4, -0.2) is 28.8 Å². The van der Waals surface area contributed by atoms with E-state index in [1.807, 2.05) is 0 Å². The molecule has 1 amide bonds. The van der Waals surface area contributed by atoms with Crippen LogP contribution in [-0.2, 0) is 9.53 Å². The molecule has 0 unspecified atom stereocenters. The minimum Gasteiger partial charge on any atom is -0.480 e. The number of halogens is 1. The molecule has 110 valence electrons. The maximum absolute atomic E-state index is 12.2. The van der Waals surface area contributed by atoms with Gasteiger partial charge >= 0.3 is 12.1 Å². The number of carboxylic acids is 1. The number of amides is 1. The molecule has 1 N–H and O–H groups in total. The topological polar surface area (TPSA) is 66.8 Å². The Labute approximate surface area is 126 Å². The van der Waals surface area contributed by atoms with Crippen molar-refractivity contribution in [2.75, 3.05) is 4.90 Å². The van der Waals surface area contributed by atoms with Gasteiger partial charge in [0.05, 0.1) is 0 Å². The maximum atomic E-state index is 12.2. The molecule has 0 saturated heterocycles. The first kappa shape index (κ1) is 16.5. The molecular weight excluding hydrogens is 326 g/mol. The Bertz CT molecular complexity index is 510. The van der Waals surface area contributed by atoms with Crippen molar-refractivity contribution in [2.24, 2.45) is 0 Å². The maximum Gasteiger partial charge on any atom is 0.415 e. The van der Waals surface area contributed by atoms with Crippen LogP contribution in [0.15, 0.2) is 28.7 Å². The number of hydrogen-bond donors (Lipinski definition) is 1. The van der Waals surface area contributed by atoms with Crippen LogP contribution in [0.5, 0.6) is 0 Å². The normalized spacial score (nSPS) is 12.7. The zero-order valence-electron chi connectivity index (χ0n) is 11.9. The molecule has 1 aromatic rings. The molecule has 0 spiro atoms. The van der Waals surface area contributed by atoms with Crippen LogP contribution in [0.4, 0.5) is 10.5 Å². The minimum atomic E-state index is -1.10. The fourth-order valence-corrected chi connectivity index (χ4v) is 1.92. The van der Waals surface area contributed by atoms with Gasteiger partial charge in [-0.15, -0.1) is 0 Å². The highest BCUT2D eigenvalue weighted by atomic mass is 79.9. The van der Waals surface area contributed by atoms with Crippen molar-refractivity contribution in [3.05, 3.63) is 28.7 Å². The van der Waals surface area contributed by atoms with Gasteiger partial charge in [0.2, 0.25) is 0 Å². The van der Waals surface area contributed by atoms with E-state index < -0.39 is 23.7 Å². The largest absolute Gasteiger partial charge is 0.480 e. The van der Waals surface area contributed by atoms with Crippen molar-refractivity contribution in [1.82, 2.24) is 0 Å². The van der Waals surface area contributed by atoms with Crippen LogP contribution in [0.3, 0.4) is 0 Å². The van der Waals surface area contributed by atoms with E-state index in [1.165, 1.54) is 6.92 Å².